The standard InChI is InChI=1S/C25H34N6O3/c32-24(27-9-10-29-15-17-34-18-16-29)25(33)28-20-23(21-5-4-8-26-19-21)31-13-11-30(12-14-31)22-6-2-1-3-7-22/h1-8,19,23H,9-18,20H2,(H,27,32)(H,28,33). The molecule has 0 radical (unpaired) electrons. The largest absolute Gasteiger partial charge is 0.379 e. The van der Waals surface area contributed by atoms with E-state index in [1.54, 1.807) is 6.20 Å². The maximum atomic E-state index is 12.5. The second kappa shape index (κ2) is 12.5. The fourth-order valence-electron chi connectivity index (χ4n) is 4.46. The van der Waals surface area contributed by atoms with Crippen LogP contribution in [0.15, 0.2) is 54.9 Å². The van der Waals surface area contributed by atoms with E-state index in [0.717, 1.165) is 44.8 Å². The number of piperazine rings is 1. The molecule has 2 aliphatic heterocycles. The molecule has 0 aliphatic carbocycles. The fraction of sp³-hybridized carbons (Fsp3) is 0.480. The summed E-state index contributed by atoms with van der Waals surface area (Å²) in [6.07, 6.45) is 3.58. The van der Waals surface area contributed by atoms with Crippen LogP contribution in [-0.4, -0.2) is 98.7 Å². The zero-order valence-electron chi connectivity index (χ0n) is 19.6. The Labute approximate surface area is 201 Å². The number of amides is 2. The molecule has 2 N–H and O–H groups in total. The number of ether oxygens (including phenoxy) is 1. The number of rotatable bonds is 8. The molecular weight excluding hydrogens is 432 g/mol. The number of para-hydroxylation sites is 1. The first-order chi connectivity index (χ1) is 16.7. The predicted molar refractivity (Wildman–Crippen MR) is 130 cm³/mol. The number of hydrogen-bond donors (Lipinski definition) is 2. The lowest BCUT2D eigenvalue weighted by Crippen LogP contribution is -2.51. The van der Waals surface area contributed by atoms with Gasteiger partial charge in [0, 0.05) is 77.0 Å². The van der Waals surface area contributed by atoms with Crippen LogP contribution < -0.4 is 15.5 Å². The van der Waals surface area contributed by atoms with Crippen LogP contribution in [0.1, 0.15) is 11.6 Å². The van der Waals surface area contributed by atoms with Crippen LogP contribution in [0.3, 0.4) is 0 Å². The Hall–Kier alpha value is -3.01. The van der Waals surface area contributed by atoms with E-state index < -0.39 is 11.8 Å². The monoisotopic (exact) mass is 466 g/mol. The first kappa shape index (κ1) is 24.1. The third-order valence-corrected chi connectivity index (χ3v) is 6.43. The Morgan fingerprint density at radius 3 is 2.35 bits per heavy atom. The molecule has 1 atom stereocenters. The SMILES string of the molecule is O=C(NCCN1CCOCC1)C(=O)NCC(c1cccnc1)N1CCN(c2ccccc2)CC1. The number of nitrogens with zero attached hydrogens (tertiary/aromatic N) is 4. The molecule has 2 amide bonds. The lowest BCUT2D eigenvalue weighted by molar-refractivity contribution is -0.139. The van der Waals surface area contributed by atoms with Crippen molar-refractivity contribution in [1.82, 2.24) is 25.4 Å². The Kier molecular flexibility index (Phi) is 8.84. The van der Waals surface area contributed by atoms with Crippen molar-refractivity contribution < 1.29 is 14.3 Å². The minimum Gasteiger partial charge on any atom is -0.379 e. The number of pyridine rings is 1. The molecule has 0 saturated carbocycles. The topological polar surface area (TPSA) is 90.0 Å². The molecule has 2 aromatic rings. The van der Waals surface area contributed by atoms with E-state index in [-0.39, 0.29) is 6.04 Å². The van der Waals surface area contributed by atoms with Crippen molar-refractivity contribution in [2.24, 2.45) is 0 Å². The van der Waals surface area contributed by atoms with Crippen molar-refractivity contribution >= 4 is 17.5 Å². The van der Waals surface area contributed by atoms with Crippen LogP contribution in [0.2, 0.25) is 0 Å². The maximum Gasteiger partial charge on any atom is 0.309 e. The number of carbonyl (C=O) groups is 2. The quantitative estimate of drug-likeness (QED) is 0.548. The minimum absolute atomic E-state index is 0.0447. The van der Waals surface area contributed by atoms with Crippen LogP contribution >= 0.6 is 0 Å². The summed E-state index contributed by atoms with van der Waals surface area (Å²) in [6, 6.07) is 14.3. The summed E-state index contributed by atoms with van der Waals surface area (Å²) in [5, 5.41) is 5.57. The molecular formula is C25H34N6O3. The number of nitrogens with one attached hydrogen (secondary N) is 2. The van der Waals surface area contributed by atoms with Crippen molar-refractivity contribution in [2.45, 2.75) is 6.04 Å². The van der Waals surface area contributed by atoms with Crippen LogP contribution in [0.4, 0.5) is 5.69 Å². The molecule has 0 spiro atoms. The number of benzene rings is 1. The number of morpholine rings is 1. The van der Waals surface area contributed by atoms with Gasteiger partial charge in [0.2, 0.25) is 0 Å². The highest BCUT2D eigenvalue weighted by atomic mass is 16.5. The average Bonchev–Trinajstić information content (AvgIpc) is 2.91. The Balaban J connectivity index is 1.28. The zero-order chi connectivity index (χ0) is 23.6. The molecule has 2 aliphatic rings. The molecule has 1 aromatic carbocycles. The van der Waals surface area contributed by atoms with Gasteiger partial charge in [0.25, 0.3) is 0 Å². The van der Waals surface area contributed by atoms with E-state index in [4.69, 9.17) is 4.74 Å². The molecule has 4 rings (SSSR count). The summed E-state index contributed by atoms with van der Waals surface area (Å²) in [4.78, 5) is 36.0. The normalized spacial score (nSPS) is 18.3. The summed E-state index contributed by atoms with van der Waals surface area (Å²) in [5.74, 6) is -1.19. The summed E-state index contributed by atoms with van der Waals surface area (Å²) < 4.78 is 5.33. The molecule has 1 aromatic heterocycles. The fourth-order valence-corrected chi connectivity index (χ4v) is 4.46. The summed E-state index contributed by atoms with van der Waals surface area (Å²) in [7, 11) is 0. The Morgan fingerprint density at radius 1 is 0.912 bits per heavy atom. The highest BCUT2D eigenvalue weighted by Crippen LogP contribution is 2.23. The Bertz CT molecular complexity index is 899. The van der Waals surface area contributed by atoms with E-state index in [1.165, 1.54) is 5.69 Å². The first-order valence-corrected chi connectivity index (χ1v) is 12.0. The van der Waals surface area contributed by atoms with Gasteiger partial charge in [-0.1, -0.05) is 24.3 Å². The molecule has 34 heavy (non-hydrogen) atoms. The van der Waals surface area contributed by atoms with Crippen LogP contribution in [0.5, 0.6) is 0 Å². The van der Waals surface area contributed by atoms with Crippen LogP contribution in [0.25, 0.3) is 0 Å². The smallest absolute Gasteiger partial charge is 0.309 e. The summed E-state index contributed by atoms with van der Waals surface area (Å²) in [5.41, 5.74) is 2.26. The zero-order valence-corrected chi connectivity index (χ0v) is 19.6. The van der Waals surface area contributed by atoms with Crippen molar-refractivity contribution in [3.05, 3.63) is 60.4 Å². The molecule has 0 bridgehead atoms. The number of hydrogen-bond acceptors (Lipinski definition) is 7. The summed E-state index contributed by atoms with van der Waals surface area (Å²) in [6.45, 7) is 8.16. The molecule has 9 nitrogen and oxygen atoms in total. The highest BCUT2D eigenvalue weighted by Gasteiger charge is 2.26. The van der Waals surface area contributed by atoms with Gasteiger partial charge in [0.05, 0.1) is 19.3 Å². The maximum absolute atomic E-state index is 12.5. The second-order valence-electron chi connectivity index (χ2n) is 8.58. The van der Waals surface area contributed by atoms with Gasteiger partial charge in [0.15, 0.2) is 0 Å². The van der Waals surface area contributed by atoms with Gasteiger partial charge >= 0.3 is 11.8 Å². The highest BCUT2D eigenvalue weighted by molar-refractivity contribution is 6.35. The van der Waals surface area contributed by atoms with Gasteiger partial charge in [-0.3, -0.25) is 24.4 Å². The van der Waals surface area contributed by atoms with Gasteiger partial charge in [-0.2, -0.15) is 0 Å². The lowest BCUT2D eigenvalue weighted by atomic mass is 10.1. The molecule has 182 valence electrons. The van der Waals surface area contributed by atoms with E-state index in [0.29, 0.717) is 32.8 Å². The van der Waals surface area contributed by atoms with Gasteiger partial charge in [-0.15, -0.1) is 0 Å². The van der Waals surface area contributed by atoms with Crippen molar-refractivity contribution in [2.75, 3.05) is 77.0 Å². The van der Waals surface area contributed by atoms with Crippen LogP contribution in [-0.2, 0) is 14.3 Å². The molecule has 9 heteroatoms. The van der Waals surface area contributed by atoms with Gasteiger partial charge in [-0.25, -0.2) is 0 Å². The predicted octanol–water partition coefficient (Wildman–Crippen LogP) is 0.510. The van der Waals surface area contributed by atoms with Crippen molar-refractivity contribution in [3.63, 3.8) is 0 Å². The van der Waals surface area contributed by atoms with E-state index in [9.17, 15) is 9.59 Å². The average molecular weight is 467 g/mol. The van der Waals surface area contributed by atoms with Gasteiger partial charge < -0.3 is 20.3 Å². The molecule has 3 heterocycles. The third-order valence-electron chi connectivity index (χ3n) is 6.43. The number of aromatic nitrogens is 1. The molecule has 1 unspecified atom stereocenters. The Morgan fingerprint density at radius 2 is 1.65 bits per heavy atom. The number of carbonyl (C=O) groups excluding carboxylic acids is 2. The first-order valence-electron chi connectivity index (χ1n) is 12.0. The summed E-state index contributed by atoms with van der Waals surface area (Å²) >= 11 is 0. The third kappa shape index (κ3) is 6.75. The second-order valence-corrected chi connectivity index (χ2v) is 8.58. The van der Waals surface area contributed by atoms with Gasteiger partial charge in [-0.05, 0) is 23.8 Å². The van der Waals surface area contributed by atoms with E-state index in [2.05, 4.69) is 54.6 Å². The molecule has 2 saturated heterocycles. The van der Waals surface area contributed by atoms with Crippen LogP contribution in [0, 0.1) is 0 Å². The lowest BCUT2D eigenvalue weighted by Gasteiger charge is -2.40. The minimum atomic E-state index is -0.598. The van der Waals surface area contributed by atoms with E-state index in [1.807, 2.05) is 24.4 Å². The number of anilines is 1. The molecule has 2 fully saturated rings. The van der Waals surface area contributed by atoms with Crippen molar-refractivity contribution in [1.29, 1.82) is 0 Å². The van der Waals surface area contributed by atoms with E-state index >= 15 is 0 Å². The van der Waals surface area contributed by atoms with Crippen molar-refractivity contribution in [3.8, 4) is 0 Å². The van der Waals surface area contributed by atoms with Gasteiger partial charge in [0.1, 0.15) is 0 Å².